The maximum atomic E-state index is 11.9. The molecule has 1 fully saturated rings. The molecule has 22 heavy (non-hydrogen) atoms. The van der Waals surface area contributed by atoms with E-state index in [0.29, 0.717) is 6.42 Å². The smallest absolute Gasteiger partial charge is 0.319 e. The standard InChI is InChI=1S/C16H24N2O3S/c1-2-3-4-5-13-6-8-14(9-7-13)17-16(19)18-15-10-11-22(20,21)12-15/h6-9,15H,2-5,10-12H2,1H3,(H2,17,18,19). The monoisotopic (exact) mass is 324 g/mol. The second kappa shape index (κ2) is 7.63. The van der Waals surface area contributed by atoms with E-state index in [-0.39, 0.29) is 23.6 Å². The first-order valence-corrected chi connectivity index (χ1v) is 9.67. The predicted octanol–water partition coefficient (Wildman–Crippen LogP) is 2.73. The summed E-state index contributed by atoms with van der Waals surface area (Å²) in [5, 5.41) is 5.46. The number of carbonyl (C=O) groups excluding carboxylic acids is 1. The van der Waals surface area contributed by atoms with E-state index in [1.165, 1.54) is 24.8 Å². The van der Waals surface area contributed by atoms with Crippen molar-refractivity contribution >= 4 is 21.6 Å². The third-order valence-electron chi connectivity index (χ3n) is 3.85. The summed E-state index contributed by atoms with van der Waals surface area (Å²) < 4.78 is 22.7. The number of benzene rings is 1. The Morgan fingerprint density at radius 1 is 1.23 bits per heavy atom. The Hall–Kier alpha value is -1.56. The molecule has 2 N–H and O–H groups in total. The molecular weight excluding hydrogens is 300 g/mol. The van der Waals surface area contributed by atoms with E-state index in [2.05, 4.69) is 17.6 Å². The van der Waals surface area contributed by atoms with Gasteiger partial charge < -0.3 is 10.6 Å². The maximum absolute atomic E-state index is 11.9. The Bertz CT molecular complexity index is 596. The van der Waals surface area contributed by atoms with Crippen LogP contribution >= 0.6 is 0 Å². The summed E-state index contributed by atoms with van der Waals surface area (Å²) in [6.07, 6.45) is 5.16. The second-order valence-corrected chi connectivity index (χ2v) is 8.08. The Morgan fingerprint density at radius 2 is 1.95 bits per heavy atom. The molecule has 6 heteroatoms. The van der Waals surface area contributed by atoms with Gasteiger partial charge in [0.15, 0.2) is 9.84 Å². The van der Waals surface area contributed by atoms with Crippen LogP contribution in [0.1, 0.15) is 38.2 Å². The van der Waals surface area contributed by atoms with Crippen molar-refractivity contribution in [3.8, 4) is 0 Å². The molecule has 1 saturated heterocycles. The van der Waals surface area contributed by atoms with E-state index in [4.69, 9.17) is 0 Å². The van der Waals surface area contributed by atoms with Gasteiger partial charge >= 0.3 is 6.03 Å². The van der Waals surface area contributed by atoms with E-state index in [0.717, 1.165) is 12.1 Å². The number of sulfone groups is 1. The van der Waals surface area contributed by atoms with E-state index in [1.807, 2.05) is 24.3 Å². The van der Waals surface area contributed by atoms with Crippen molar-refractivity contribution in [1.82, 2.24) is 5.32 Å². The SMILES string of the molecule is CCCCCc1ccc(NC(=O)NC2CCS(=O)(=O)C2)cc1. The molecule has 0 saturated carbocycles. The van der Waals surface area contributed by atoms with Crippen LogP contribution in [0, 0.1) is 0 Å². The van der Waals surface area contributed by atoms with E-state index in [9.17, 15) is 13.2 Å². The average Bonchev–Trinajstić information content (AvgIpc) is 2.80. The lowest BCUT2D eigenvalue weighted by atomic mass is 10.1. The van der Waals surface area contributed by atoms with Crippen LogP contribution in [0.25, 0.3) is 0 Å². The van der Waals surface area contributed by atoms with Gasteiger partial charge in [0, 0.05) is 11.7 Å². The van der Waals surface area contributed by atoms with Crippen LogP contribution in [-0.4, -0.2) is 32.0 Å². The quantitative estimate of drug-likeness (QED) is 0.790. The number of carbonyl (C=O) groups is 1. The molecule has 1 unspecified atom stereocenters. The van der Waals surface area contributed by atoms with Crippen LogP contribution in [0.5, 0.6) is 0 Å². The third-order valence-corrected chi connectivity index (χ3v) is 5.62. The summed E-state index contributed by atoms with van der Waals surface area (Å²) in [6.45, 7) is 2.18. The van der Waals surface area contributed by atoms with Crippen LogP contribution in [0.4, 0.5) is 10.5 Å². The zero-order valence-electron chi connectivity index (χ0n) is 13.0. The zero-order valence-corrected chi connectivity index (χ0v) is 13.8. The topological polar surface area (TPSA) is 75.3 Å². The van der Waals surface area contributed by atoms with Gasteiger partial charge in [-0.1, -0.05) is 31.9 Å². The van der Waals surface area contributed by atoms with Gasteiger partial charge in [-0.3, -0.25) is 0 Å². The molecular formula is C16H24N2O3S. The normalized spacial score (nSPS) is 19.8. The Morgan fingerprint density at radius 3 is 2.55 bits per heavy atom. The fourth-order valence-corrected chi connectivity index (χ4v) is 4.27. The summed E-state index contributed by atoms with van der Waals surface area (Å²) in [7, 11) is -2.97. The van der Waals surface area contributed by atoms with Crippen LogP contribution in [0.3, 0.4) is 0 Å². The summed E-state index contributed by atoms with van der Waals surface area (Å²) >= 11 is 0. The molecule has 0 bridgehead atoms. The third kappa shape index (κ3) is 5.33. The lowest BCUT2D eigenvalue weighted by molar-refractivity contribution is 0.249. The lowest BCUT2D eigenvalue weighted by Gasteiger charge is -2.12. The van der Waals surface area contributed by atoms with Gasteiger partial charge in [0.25, 0.3) is 0 Å². The number of urea groups is 1. The van der Waals surface area contributed by atoms with E-state index < -0.39 is 9.84 Å². The summed E-state index contributed by atoms with van der Waals surface area (Å²) in [6, 6.07) is 7.17. The van der Waals surface area contributed by atoms with Crippen molar-refractivity contribution in [2.75, 3.05) is 16.8 Å². The van der Waals surface area contributed by atoms with Gasteiger partial charge in [-0.15, -0.1) is 0 Å². The molecule has 1 aliphatic heterocycles. The van der Waals surface area contributed by atoms with Gasteiger partial charge in [0.05, 0.1) is 11.5 Å². The molecule has 0 spiro atoms. The van der Waals surface area contributed by atoms with Crippen molar-refractivity contribution in [2.24, 2.45) is 0 Å². The van der Waals surface area contributed by atoms with Crippen molar-refractivity contribution in [2.45, 2.75) is 45.1 Å². The fraction of sp³-hybridized carbons (Fsp3) is 0.562. The first-order chi connectivity index (χ1) is 10.5. The largest absolute Gasteiger partial charge is 0.334 e. The van der Waals surface area contributed by atoms with Crippen molar-refractivity contribution in [3.05, 3.63) is 29.8 Å². The zero-order chi connectivity index (χ0) is 16.0. The number of unbranched alkanes of at least 4 members (excludes halogenated alkanes) is 2. The number of anilines is 1. The predicted molar refractivity (Wildman–Crippen MR) is 88.9 cm³/mol. The minimum atomic E-state index is -2.97. The molecule has 2 rings (SSSR count). The van der Waals surface area contributed by atoms with Crippen molar-refractivity contribution in [3.63, 3.8) is 0 Å². The molecule has 0 aliphatic carbocycles. The molecule has 122 valence electrons. The van der Waals surface area contributed by atoms with Crippen LogP contribution in [0.15, 0.2) is 24.3 Å². The highest BCUT2D eigenvalue weighted by Gasteiger charge is 2.28. The van der Waals surface area contributed by atoms with Gasteiger partial charge in [0.1, 0.15) is 0 Å². The summed E-state index contributed by atoms with van der Waals surface area (Å²) in [5.41, 5.74) is 1.99. The van der Waals surface area contributed by atoms with Gasteiger partial charge in [-0.25, -0.2) is 13.2 Å². The molecule has 0 aromatic heterocycles. The molecule has 1 aliphatic rings. The first kappa shape index (κ1) is 16.8. The molecule has 1 aromatic carbocycles. The van der Waals surface area contributed by atoms with Crippen molar-refractivity contribution < 1.29 is 13.2 Å². The second-order valence-electron chi connectivity index (χ2n) is 5.85. The highest BCUT2D eigenvalue weighted by molar-refractivity contribution is 7.91. The lowest BCUT2D eigenvalue weighted by Crippen LogP contribution is -2.38. The Kier molecular flexibility index (Phi) is 5.83. The number of hydrogen-bond acceptors (Lipinski definition) is 3. The number of aryl methyl sites for hydroxylation is 1. The average molecular weight is 324 g/mol. The van der Waals surface area contributed by atoms with E-state index in [1.54, 1.807) is 0 Å². The minimum absolute atomic E-state index is 0.0385. The molecule has 1 atom stereocenters. The van der Waals surface area contributed by atoms with Gasteiger partial charge in [0.2, 0.25) is 0 Å². The number of hydrogen-bond donors (Lipinski definition) is 2. The summed E-state index contributed by atoms with van der Waals surface area (Å²) in [5.74, 6) is 0.196. The number of amides is 2. The van der Waals surface area contributed by atoms with Crippen LogP contribution in [-0.2, 0) is 16.3 Å². The van der Waals surface area contributed by atoms with Crippen LogP contribution < -0.4 is 10.6 Å². The molecule has 2 amide bonds. The molecule has 1 heterocycles. The highest BCUT2D eigenvalue weighted by Crippen LogP contribution is 2.14. The Labute approximate surface area is 132 Å². The molecule has 0 radical (unpaired) electrons. The fourth-order valence-electron chi connectivity index (χ4n) is 2.60. The highest BCUT2D eigenvalue weighted by atomic mass is 32.2. The van der Waals surface area contributed by atoms with Crippen LogP contribution in [0.2, 0.25) is 0 Å². The van der Waals surface area contributed by atoms with Gasteiger partial charge in [-0.05, 0) is 37.0 Å². The van der Waals surface area contributed by atoms with Gasteiger partial charge in [-0.2, -0.15) is 0 Å². The Balaban J connectivity index is 1.79. The minimum Gasteiger partial charge on any atom is -0.334 e. The first-order valence-electron chi connectivity index (χ1n) is 7.85. The number of rotatable bonds is 6. The van der Waals surface area contributed by atoms with Crippen molar-refractivity contribution in [1.29, 1.82) is 0 Å². The maximum Gasteiger partial charge on any atom is 0.319 e. The van der Waals surface area contributed by atoms with E-state index >= 15 is 0 Å². The molecule has 5 nitrogen and oxygen atoms in total. The summed E-state index contributed by atoms with van der Waals surface area (Å²) in [4.78, 5) is 11.9. The molecule has 1 aromatic rings. The number of nitrogens with one attached hydrogen (secondary N) is 2.